The standard InChI is InChI=1S/C16H18N6O/c1-2-23-13-5-3-4-11(8-13)15-17-9-14(19-15)20-16-18-10-22(21-16)12-6-7-12/h3-5,8-10,12H,2,6-7H2,1H3,(H,17,19)(H,20,21). The minimum absolute atomic E-state index is 0.525. The average Bonchev–Trinajstić information content (AvgIpc) is 3.13. The summed E-state index contributed by atoms with van der Waals surface area (Å²) in [6, 6.07) is 8.37. The molecule has 0 saturated heterocycles. The van der Waals surface area contributed by atoms with Crippen molar-refractivity contribution in [2.45, 2.75) is 25.8 Å². The van der Waals surface area contributed by atoms with E-state index in [4.69, 9.17) is 4.74 Å². The van der Waals surface area contributed by atoms with Crippen LogP contribution in [0.5, 0.6) is 5.75 Å². The van der Waals surface area contributed by atoms with Gasteiger partial charge in [0.25, 0.3) is 0 Å². The van der Waals surface area contributed by atoms with Crippen LogP contribution in [0.4, 0.5) is 11.8 Å². The van der Waals surface area contributed by atoms with Gasteiger partial charge < -0.3 is 15.0 Å². The van der Waals surface area contributed by atoms with E-state index in [2.05, 4.69) is 25.4 Å². The summed E-state index contributed by atoms with van der Waals surface area (Å²) < 4.78 is 7.43. The highest BCUT2D eigenvalue weighted by atomic mass is 16.5. The first-order valence-electron chi connectivity index (χ1n) is 7.78. The summed E-state index contributed by atoms with van der Waals surface area (Å²) >= 11 is 0. The van der Waals surface area contributed by atoms with E-state index in [1.54, 1.807) is 12.5 Å². The first-order chi connectivity index (χ1) is 11.3. The van der Waals surface area contributed by atoms with Crippen molar-refractivity contribution in [3.05, 3.63) is 36.8 Å². The highest BCUT2D eigenvalue weighted by molar-refractivity contribution is 5.61. The van der Waals surface area contributed by atoms with Crippen LogP contribution in [-0.2, 0) is 0 Å². The molecule has 1 saturated carbocycles. The number of benzene rings is 1. The Morgan fingerprint density at radius 2 is 2.26 bits per heavy atom. The lowest BCUT2D eigenvalue weighted by Crippen LogP contribution is -1.97. The Hall–Kier alpha value is -2.83. The molecule has 2 aromatic heterocycles. The van der Waals surface area contributed by atoms with E-state index >= 15 is 0 Å². The van der Waals surface area contributed by atoms with Crippen LogP contribution in [-0.4, -0.2) is 31.3 Å². The second-order valence-corrected chi connectivity index (χ2v) is 5.51. The van der Waals surface area contributed by atoms with Crippen LogP contribution in [0.3, 0.4) is 0 Å². The van der Waals surface area contributed by atoms with E-state index in [0.717, 1.165) is 23.0 Å². The second-order valence-electron chi connectivity index (χ2n) is 5.51. The molecule has 0 atom stereocenters. The van der Waals surface area contributed by atoms with E-state index in [9.17, 15) is 0 Å². The zero-order valence-electron chi connectivity index (χ0n) is 12.9. The smallest absolute Gasteiger partial charge is 0.247 e. The zero-order chi connectivity index (χ0) is 15.6. The molecular formula is C16H18N6O. The first-order valence-corrected chi connectivity index (χ1v) is 7.78. The van der Waals surface area contributed by atoms with Crippen LogP contribution < -0.4 is 10.1 Å². The van der Waals surface area contributed by atoms with Gasteiger partial charge in [-0.25, -0.2) is 14.6 Å². The molecule has 7 heteroatoms. The number of nitrogens with zero attached hydrogens (tertiary/aromatic N) is 4. The molecule has 7 nitrogen and oxygen atoms in total. The molecule has 1 aliphatic rings. The first kappa shape index (κ1) is 13.8. The van der Waals surface area contributed by atoms with Gasteiger partial charge in [-0.1, -0.05) is 12.1 Å². The van der Waals surface area contributed by atoms with Crippen molar-refractivity contribution in [2.24, 2.45) is 0 Å². The van der Waals surface area contributed by atoms with Gasteiger partial charge in [0.1, 0.15) is 23.7 Å². The van der Waals surface area contributed by atoms with E-state index in [0.29, 0.717) is 18.6 Å². The lowest BCUT2D eigenvalue weighted by molar-refractivity contribution is 0.340. The fourth-order valence-electron chi connectivity index (χ4n) is 2.40. The topological polar surface area (TPSA) is 80.7 Å². The molecule has 23 heavy (non-hydrogen) atoms. The molecule has 1 aliphatic carbocycles. The highest BCUT2D eigenvalue weighted by Crippen LogP contribution is 2.34. The number of H-pyrrole nitrogens is 1. The molecular weight excluding hydrogens is 292 g/mol. The SMILES string of the molecule is CCOc1cccc(-c2ncc(Nc3ncn(C4CC4)n3)[nH]2)c1. The number of aromatic amines is 1. The molecule has 0 unspecified atom stereocenters. The van der Waals surface area contributed by atoms with Crippen LogP contribution in [0.15, 0.2) is 36.8 Å². The Balaban J connectivity index is 1.50. The van der Waals surface area contributed by atoms with Gasteiger partial charge in [0.15, 0.2) is 0 Å². The molecule has 3 aromatic rings. The van der Waals surface area contributed by atoms with Crippen LogP contribution in [0.1, 0.15) is 25.8 Å². The number of nitrogens with one attached hydrogen (secondary N) is 2. The molecule has 2 N–H and O–H groups in total. The van der Waals surface area contributed by atoms with Gasteiger partial charge in [-0.2, -0.15) is 0 Å². The van der Waals surface area contributed by atoms with Crippen LogP contribution in [0.2, 0.25) is 0 Å². The molecule has 118 valence electrons. The summed E-state index contributed by atoms with van der Waals surface area (Å²) in [6.07, 6.45) is 5.88. The van der Waals surface area contributed by atoms with Crippen molar-refractivity contribution in [3.63, 3.8) is 0 Å². The fourth-order valence-corrected chi connectivity index (χ4v) is 2.40. The molecule has 0 aliphatic heterocycles. The van der Waals surface area contributed by atoms with Gasteiger partial charge in [-0.05, 0) is 31.9 Å². The third-order valence-electron chi connectivity index (χ3n) is 3.67. The number of ether oxygens (including phenoxy) is 1. The number of rotatable bonds is 6. The summed E-state index contributed by atoms with van der Waals surface area (Å²) in [6.45, 7) is 2.61. The van der Waals surface area contributed by atoms with Gasteiger partial charge in [0.05, 0.1) is 18.8 Å². The molecule has 2 heterocycles. The highest BCUT2D eigenvalue weighted by Gasteiger charge is 2.24. The van der Waals surface area contributed by atoms with Crippen LogP contribution in [0.25, 0.3) is 11.4 Å². The molecule has 0 spiro atoms. The average molecular weight is 310 g/mol. The molecule has 0 amide bonds. The Labute approximate surface area is 133 Å². The lowest BCUT2D eigenvalue weighted by Gasteiger charge is -2.04. The maximum Gasteiger partial charge on any atom is 0.247 e. The Bertz CT molecular complexity index is 804. The van der Waals surface area contributed by atoms with Crippen molar-refractivity contribution >= 4 is 11.8 Å². The number of anilines is 2. The molecule has 0 radical (unpaired) electrons. The Kier molecular flexibility index (Phi) is 3.45. The summed E-state index contributed by atoms with van der Waals surface area (Å²) in [7, 11) is 0. The van der Waals surface area contributed by atoms with Gasteiger partial charge >= 0.3 is 0 Å². The van der Waals surface area contributed by atoms with Crippen molar-refractivity contribution in [2.75, 3.05) is 11.9 Å². The molecule has 0 bridgehead atoms. The predicted octanol–water partition coefficient (Wildman–Crippen LogP) is 3.15. The Morgan fingerprint density at radius 1 is 1.35 bits per heavy atom. The lowest BCUT2D eigenvalue weighted by atomic mass is 10.2. The maximum atomic E-state index is 5.52. The van der Waals surface area contributed by atoms with Crippen molar-refractivity contribution in [3.8, 4) is 17.1 Å². The summed E-state index contributed by atoms with van der Waals surface area (Å²) in [5.74, 6) is 2.95. The summed E-state index contributed by atoms with van der Waals surface area (Å²) in [5, 5.41) is 7.56. The van der Waals surface area contributed by atoms with Crippen molar-refractivity contribution in [1.29, 1.82) is 0 Å². The van der Waals surface area contributed by atoms with E-state index in [1.165, 1.54) is 12.8 Å². The van der Waals surface area contributed by atoms with E-state index in [-0.39, 0.29) is 0 Å². The molecule has 1 aromatic carbocycles. The monoisotopic (exact) mass is 310 g/mol. The Morgan fingerprint density at radius 3 is 3.09 bits per heavy atom. The number of hydrogen-bond acceptors (Lipinski definition) is 5. The normalized spacial score (nSPS) is 14.0. The third-order valence-corrected chi connectivity index (χ3v) is 3.67. The van der Waals surface area contributed by atoms with E-state index in [1.807, 2.05) is 35.9 Å². The number of aromatic nitrogens is 5. The third kappa shape index (κ3) is 3.03. The van der Waals surface area contributed by atoms with E-state index < -0.39 is 0 Å². The van der Waals surface area contributed by atoms with Crippen molar-refractivity contribution < 1.29 is 4.74 Å². The van der Waals surface area contributed by atoms with Gasteiger partial charge in [0.2, 0.25) is 5.95 Å². The number of imidazole rings is 1. The number of hydrogen-bond donors (Lipinski definition) is 2. The largest absolute Gasteiger partial charge is 0.494 e. The molecule has 1 fully saturated rings. The summed E-state index contributed by atoms with van der Waals surface area (Å²) in [5.41, 5.74) is 0.973. The minimum Gasteiger partial charge on any atom is -0.494 e. The van der Waals surface area contributed by atoms with Gasteiger partial charge in [-0.15, -0.1) is 5.10 Å². The fraction of sp³-hybridized carbons (Fsp3) is 0.312. The quantitative estimate of drug-likeness (QED) is 0.731. The van der Waals surface area contributed by atoms with Crippen LogP contribution in [0, 0.1) is 0 Å². The zero-order valence-corrected chi connectivity index (χ0v) is 12.9. The van der Waals surface area contributed by atoms with Gasteiger partial charge in [-0.3, -0.25) is 0 Å². The minimum atomic E-state index is 0.525. The van der Waals surface area contributed by atoms with Crippen molar-refractivity contribution in [1.82, 2.24) is 24.7 Å². The van der Waals surface area contributed by atoms with Gasteiger partial charge in [0, 0.05) is 5.56 Å². The molecule has 4 rings (SSSR count). The predicted molar refractivity (Wildman–Crippen MR) is 86.8 cm³/mol. The maximum absolute atomic E-state index is 5.52. The summed E-state index contributed by atoms with van der Waals surface area (Å²) in [4.78, 5) is 11.9. The second kappa shape index (κ2) is 5.75. The van der Waals surface area contributed by atoms with Crippen LogP contribution >= 0.6 is 0 Å².